The van der Waals surface area contributed by atoms with E-state index in [1.165, 1.54) is 0 Å². The SMILES string of the molecule is CCOC(=O)[C@@H]1C(=O)C[C@@H]2CN(C(=O)OC(C)(C)C)C[C@H]1N2C. The monoisotopic (exact) mass is 326 g/mol. The third kappa shape index (κ3) is 3.83. The maximum atomic E-state index is 12.3. The minimum atomic E-state index is -0.832. The molecule has 0 aromatic carbocycles. The summed E-state index contributed by atoms with van der Waals surface area (Å²) in [6.45, 7) is 8.11. The number of hydrogen-bond acceptors (Lipinski definition) is 6. The Morgan fingerprint density at radius 2 is 1.91 bits per heavy atom. The van der Waals surface area contributed by atoms with Gasteiger partial charge in [-0.3, -0.25) is 14.5 Å². The first kappa shape index (κ1) is 17.7. The first-order chi connectivity index (χ1) is 10.6. The first-order valence-corrected chi connectivity index (χ1v) is 8.03. The number of rotatable bonds is 2. The molecule has 0 N–H and O–H groups in total. The molecule has 7 heteroatoms. The van der Waals surface area contributed by atoms with Gasteiger partial charge in [0.05, 0.1) is 6.61 Å². The molecular formula is C16H26N2O5. The average molecular weight is 326 g/mol. The molecular weight excluding hydrogens is 300 g/mol. The van der Waals surface area contributed by atoms with Gasteiger partial charge in [-0.05, 0) is 34.7 Å². The highest BCUT2D eigenvalue weighted by atomic mass is 16.6. The Kier molecular flexibility index (Phi) is 4.98. The molecule has 0 radical (unpaired) electrons. The second kappa shape index (κ2) is 6.47. The molecule has 2 rings (SSSR count). The van der Waals surface area contributed by atoms with Crippen molar-refractivity contribution in [1.82, 2.24) is 9.80 Å². The Labute approximate surface area is 136 Å². The normalized spacial score (nSPS) is 28.5. The molecule has 2 fully saturated rings. The Bertz CT molecular complexity index is 491. The second-order valence-electron chi connectivity index (χ2n) is 7.17. The van der Waals surface area contributed by atoms with Gasteiger partial charge in [-0.2, -0.15) is 0 Å². The number of likely N-dealkylation sites (tertiary alicyclic amines) is 1. The molecule has 7 nitrogen and oxygen atoms in total. The van der Waals surface area contributed by atoms with Crippen LogP contribution < -0.4 is 0 Å². The van der Waals surface area contributed by atoms with Crippen LogP contribution in [-0.2, 0) is 19.1 Å². The zero-order chi connectivity index (χ0) is 17.4. The van der Waals surface area contributed by atoms with Gasteiger partial charge in [-0.1, -0.05) is 0 Å². The van der Waals surface area contributed by atoms with Crippen molar-refractivity contribution in [3.63, 3.8) is 0 Å². The topological polar surface area (TPSA) is 76.2 Å². The summed E-state index contributed by atoms with van der Waals surface area (Å²) in [5, 5.41) is 0. The zero-order valence-electron chi connectivity index (χ0n) is 14.5. The van der Waals surface area contributed by atoms with Crippen LogP contribution in [0.5, 0.6) is 0 Å². The van der Waals surface area contributed by atoms with E-state index in [9.17, 15) is 14.4 Å². The summed E-state index contributed by atoms with van der Waals surface area (Å²) in [5.74, 6) is -1.43. The number of carbonyl (C=O) groups is 3. The molecule has 3 atom stereocenters. The standard InChI is InChI=1S/C16H26N2O5/c1-6-22-14(20)13-11-9-18(15(21)23-16(2,3)4)8-10(17(11)5)7-12(13)19/h10-11,13H,6-9H2,1-5H3/t10-,11-,13+/m1/s1. The Morgan fingerprint density at radius 1 is 1.26 bits per heavy atom. The predicted molar refractivity (Wildman–Crippen MR) is 82.9 cm³/mol. The van der Waals surface area contributed by atoms with Crippen molar-refractivity contribution < 1.29 is 23.9 Å². The van der Waals surface area contributed by atoms with Gasteiger partial charge in [0.2, 0.25) is 0 Å². The summed E-state index contributed by atoms with van der Waals surface area (Å²) >= 11 is 0. The van der Waals surface area contributed by atoms with E-state index in [-0.39, 0.29) is 37.4 Å². The van der Waals surface area contributed by atoms with Crippen LogP contribution in [-0.4, -0.2) is 72.1 Å². The molecule has 2 saturated heterocycles. The van der Waals surface area contributed by atoms with Gasteiger partial charge in [-0.15, -0.1) is 0 Å². The molecule has 0 aliphatic carbocycles. The van der Waals surface area contributed by atoms with Crippen LogP contribution in [0.25, 0.3) is 0 Å². The molecule has 2 bridgehead atoms. The summed E-state index contributed by atoms with van der Waals surface area (Å²) in [5.41, 5.74) is -0.577. The van der Waals surface area contributed by atoms with E-state index in [0.717, 1.165) is 0 Å². The molecule has 2 heterocycles. The van der Waals surface area contributed by atoms with Crippen LogP contribution in [0.15, 0.2) is 0 Å². The second-order valence-corrected chi connectivity index (χ2v) is 7.17. The number of hydrogen-bond donors (Lipinski definition) is 0. The van der Waals surface area contributed by atoms with Crippen LogP contribution in [0.1, 0.15) is 34.1 Å². The van der Waals surface area contributed by atoms with Crippen molar-refractivity contribution in [2.75, 3.05) is 26.7 Å². The number of likely N-dealkylation sites (N-methyl/N-ethyl adjacent to an activating group) is 1. The lowest BCUT2D eigenvalue weighted by Gasteiger charge is -2.49. The predicted octanol–water partition coefficient (Wildman–Crippen LogP) is 1.06. The van der Waals surface area contributed by atoms with E-state index in [4.69, 9.17) is 9.47 Å². The van der Waals surface area contributed by atoms with Crippen molar-refractivity contribution >= 4 is 17.8 Å². The fraction of sp³-hybridized carbons (Fsp3) is 0.812. The number of nitrogens with zero attached hydrogens (tertiary/aromatic N) is 2. The van der Waals surface area contributed by atoms with E-state index >= 15 is 0 Å². The van der Waals surface area contributed by atoms with E-state index < -0.39 is 23.6 Å². The van der Waals surface area contributed by atoms with Gasteiger partial charge in [0.25, 0.3) is 0 Å². The van der Waals surface area contributed by atoms with Crippen molar-refractivity contribution in [3.8, 4) is 0 Å². The third-order valence-electron chi connectivity index (χ3n) is 4.30. The molecule has 23 heavy (non-hydrogen) atoms. The molecule has 1 amide bonds. The average Bonchev–Trinajstić information content (AvgIpc) is 2.38. The van der Waals surface area contributed by atoms with Crippen molar-refractivity contribution in [3.05, 3.63) is 0 Å². The highest BCUT2D eigenvalue weighted by Crippen LogP contribution is 2.31. The Hall–Kier alpha value is -1.63. The van der Waals surface area contributed by atoms with E-state index in [1.807, 2.05) is 32.7 Å². The van der Waals surface area contributed by atoms with Gasteiger partial charge in [0.15, 0.2) is 0 Å². The van der Waals surface area contributed by atoms with Crippen LogP contribution in [0.2, 0.25) is 0 Å². The molecule has 0 aromatic rings. The van der Waals surface area contributed by atoms with E-state index in [0.29, 0.717) is 6.54 Å². The number of piperazine rings is 1. The lowest BCUT2D eigenvalue weighted by Crippen LogP contribution is -2.67. The van der Waals surface area contributed by atoms with Crippen LogP contribution in [0.3, 0.4) is 0 Å². The van der Waals surface area contributed by atoms with E-state index in [2.05, 4.69) is 0 Å². The summed E-state index contributed by atoms with van der Waals surface area (Å²) < 4.78 is 10.5. The summed E-state index contributed by atoms with van der Waals surface area (Å²) in [6, 6.07) is -0.444. The number of ether oxygens (including phenoxy) is 2. The summed E-state index contributed by atoms with van der Waals surface area (Å²) in [7, 11) is 1.89. The van der Waals surface area contributed by atoms with Gasteiger partial charge in [0, 0.05) is 31.6 Å². The number of Topliss-reactive ketones (excluding diaryl/α,β-unsaturated/α-hetero) is 1. The molecule has 0 spiro atoms. The van der Waals surface area contributed by atoms with Gasteiger partial charge in [-0.25, -0.2) is 4.79 Å². The van der Waals surface area contributed by atoms with Crippen molar-refractivity contribution in [2.45, 2.75) is 51.8 Å². The number of carbonyl (C=O) groups excluding carboxylic acids is 3. The van der Waals surface area contributed by atoms with E-state index in [1.54, 1.807) is 11.8 Å². The number of piperidine rings is 1. The first-order valence-electron chi connectivity index (χ1n) is 8.03. The lowest BCUT2D eigenvalue weighted by atomic mass is 9.81. The minimum Gasteiger partial charge on any atom is -0.465 e. The van der Waals surface area contributed by atoms with Crippen LogP contribution in [0.4, 0.5) is 4.79 Å². The molecule has 0 unspecified atom stereocenters. The zero-order valence-corrected chi connectivity index (χ0v) is 14.5. The number of fused-ring (bicyclic) bond motifs is 2. The maximum Gasteiger partial charge on any atom is 0.410 e. The molecule has 0 saturated carbocycles. The quantitative estimate of drug-likeness (QED) is 0.558. The maximum absolute atomic E-state index is 12.3. The van der Waals surface area contributed by atoms with Crippen LogP contribution >= 0.6 is 0 Å². The third-order valence-corrected chi connectivity index (χ3v) is 4.30. The number of ketones is 1. The highest BCUT2D eigenvalue weighted by Gasteiger charge is 2.50. The molecule has 2 aliphatic heterocycles. The smallest absolute Gasteiger partial charge is 0.410 e. The van der Waals surface area contributed by atoms with Gasteiger partial charge >= 0.3 is 12.1 Å². The van der Waals surface area contributed by atoms with Crippen LogP contribution in [0, 0.1) is 5.92 Å². The lowest BCUT2D eigenvalue weighted by molar-refractivity contribution is -0.161. The molecule has 0 aromatic heterocycles. The highest BCUT2D eigenvalue weighted by molar-refractivity contribution is 6.01. The molecule has 2 aliphatic rings. The number of esters is 1. The Morgan fingerprint density at radius 3 is 2.48 bits per heavy atom. The van der Waals surface area contributed by atoms with Gasteiger partial charge < -0.3 is 14.4 Å². The summed E-state index contributed by atoms with van der Waals surface area (Å²) in [4.78, 5) is 40.4. The van der Waals surface area contributed by atoms with Gasteiger partial charge in [0.1, 0.15) is 17.3 Å². The number of amides is 1. The summed E-state index contributed by atoms with van der Waals surface area (Å²) in [6.07, 6.45) is -0.159. The van der Waals surface area contributed by atoms with Crippen molar-refractivity contribution in [1.29, 1.82) is 0 Å². The fourth-order valence-electron chi connectivity index (χ4n) is 3.20. The Balaban J connectivity index is 2.16. The van der Waals surface area contributed by atoms with Crippen molar-refractivity contribution in [2.24, 2.45) is 5.92 Å². The molecule has 130 valence electrons. The largest absolute Gasteiger partial charge is 0.465 e. The fourth-order valence-corrected chi connectivity index (χ4v) is 3.20. The minimum absolute atomic E-state index is 0.0838.